The number of benzene rings is 1. The maximum Gasteiger partial charge on any atom is 0.242 e. The van der Waals surface area contributed by atoms with Crippen LogP contribution in [0, 0.1) is 0 Å². The molecule has 0 amide bonds. The van der Waals surface area contributed by atoms with Crippen molar-refractivity contribution in [2.24, 2.45) is 0 Å². The molecule has 1 aromatic rings. The van der Waals surface area contributed by atoms with Crippen molar-refractivity contribution in [3.63, 3.8) is 0 Å². The molecule has 0 aliphatic carbocycles. The van der Waals surface area contributed by atoms with Crippen molar-refractivity contribution >= 4 is 10.0 Å². The molecule has 120 valence electrons. The van der Waals surface area contributed by atoms with Crippen LogP contribution in [0.5, 0.6) is 0 Å². The van der Waals surface area contributed by atoms with E-state index in [-0.39, 0.29) is 12.0 Å². The molecular weight excluding hydrogens is 284 g/mol. The zero-order valence-electron chi connectivity index (χ0n) is 13.8. The van der Waals surface area contributed by atoms with E-state index < -0.39 is 10.0 Å². The minimum Gasteiger partial charge on any atom is -0.314 e. The molecule has 0 aromatic heterocycles. The number of hydrogen-bond acceptors (Lipinski definition) is 3. The largest absolute Gasteiger partial charge is 0.314 e. The molecule has 21 heavy (non-hydrogen) atoms. The number of nitrogens with one attached hydrogen (secondary N) is 1. The van der Waals surface area contributed by atoms with Crippen molar-refractivity contribution in [3.8, 4) is 0 Å². The fraction of sp³-hybridized carbons (Fsp3) is 0.625. The van der Waals surface area contributed by atoms with Gasteiger partial charge in [0.1, 0.15) is 0 Å². The standard InChI is InChI=1S/C16H28N2O2S/c1-6-12-17-13(3)14(7-2)15-10-8-9-11-16(15)21(19,20)18(4)5/h8-11,13-14,17H,6-7,12H2,1-5H3. The second-order valence-electron chi connectivity index (χ2n) is 5.58. The predicted molar refractivity (Wildman–Crippen MR) is 88.1 cm³/mol. The van der Waals surface area contributed by atoms with Crippen molar-refractivity contribution in [1.82, 2.24) is 9.62 Å². The quantitative estimate of drug-likeness (QED) is 0.803. The van der Waals surface area contributed by atoms with E-state index in [2.05, 4.69) is 26.1 Å². The summed E-state index contributed by atoms with van der Waals surface area (Å²) in [4.78, 5) is 0.423. The van der Waals surface area contributed by atoms with E-state index in [1.165, 1.54) is 4.31 Å². The lowest BCUT2D eigenvalue weighted by Gasteiger charge is -2.27. The van der Waals surface area contributed by atoms with Crippen LogP contribution in [0.25, 0.3) is 0 Å². The molecule has 0 aliphatic heterocycles. The van der Waals surface area contributed by atoms with Crippen LogP contribution in [0.4, 0.5) is 0 Å². The number of rotatable bonds is 8. The molecule has 2 atom stereocenters. The molecule has 1 rings (SSSR count). The topological polar surface area (TPSA) is 49.4 Å². The Hall–Kier alpha value is -0.910. The molecule has 0 heterocycles. The van der Waals surface area contributed by atoms with Crippen LogP contribution in [0.15, 0.2) is 29.2 Å². The molecule has 1 N–H and O–H groups in total. The van der Waals surface area contributed by atoms with E-state index in [1.54, 1.807) is 26.2 Å². The second-order valence-corrected chi connectivity index (χ2v) is 7.70. The smallest absolute Gasteiger partial charge is 0.242 e. The maximum atomic E-state index is 12.5. The Balaban J connectivity index is 3.23. The van der Waals surface area contributed by atoms with Gasteiger partial charge in [-0.2, -0.15) is 0 Å². The van der Waals surface area contributed by atoms with Gasteiger partial charge in [-0.25, -0.2) is 12.7 Å². The summed E-state index contributed by atoms with van der Waals surface area (Å²) in [6, 6.07) is 7.60. The average Bonchev–Trinajstić information content (AvgIpc) is 2.46. The third-order valence-electron chi connectivity index (χ3n) is 3.84. The van der Waals surface area contributed by atoms with E-state index in [4.69, 9.17) is 0 Å². The van der Waals surface area contributed by atoms with Crippen LogP contribution < -0.4 is 5.32 Å². The van der Waals surface area contributed by atoms with Crippen molar-refractivity contribution in [2.45, 2.75) is 50.5 Å². The number of nitrogens with zero attached hydrogens (tertiary/aromatic N) is 1. The lowest BCUT2D eigenvalue weighted by atomic mass is 9.90. The van der Waals surface area contributed by atoms with Crippen molar-refractivity contribution in [1.29, 1.82) is 0 Å². The first-order valence-corrected chi connectivity index (χ1v) is 9.05. The molecule has 4 nitrogen and oxygen atoms in total. The molecule has 0 fully saturated rings. The van der Waals surface area contributed by atoms with Crippen LogP contribution in [-0.2, 0) is 10.0 Å². The Morgan fingerprint density at radius 3 is 2.33 bits per heavy atom. The lowest BCUT2D eigenvalue weighted by molar-refractivity contribution is 0.443. The predicted octanol–water partition coefficient (Wildman–Crippen LogP) is 2.82. The SMILES string of the molecule is CCCNC(C)C(CC)c1ccccc1S(=O)(=O)N(C)C. The molecule has 0 bridgehead atoms. The van der Waals surface area contributed by atoms with Crippen molar-refractivity contribution in [2.75, 3.05) is 20.6 Å². The highest BCUT2D eigenvalue weighted by molar-refractivity contribution is 7.89. The summed E-state index contributed by atoms with van der Waals surface area (Å²) < 4.78 is 26.3. The van der Waals surface area contributed by atoms with Crippen molar-refractivity contribution in [3.05, 3.63) is 29.8 Å². The van der Waals surface area contributed by atoms with E-state index in [0.717, 1.165) is 24.9 Å². The van der Waals surface area contributed by atoms with Gasteiger partial charge < -0.3 is 5.32 Å². The summed E-state index contributed by atoms with van der Waals surface area (Å²) >= 11 is 0. The van der Waals surface area contributed by atoms with Gasteiger partial charge in [-0.1, -0.05) is 32.0 Å². The Labute approximate surface area is 129 Å². The van der Waals surface area contributed by atoms with Crippen LogP contribution in [0.1, 0.15) is 45.1 Å². The normalized spacial score (nSPS) is 15.1. The monoisotopic (exact) mass is 312 g/mol. The van der Waals surface area contributed by atoms with Crippen LogP contribution in [-0.4, -0.2) is 39.4 Å². The van der Waals surface area contributed by atoms with Gasteiger partial charge in [0.05, 0.1) is 4.90 Å². The molecule has 0 saturated carbocycles. The first-order chi connectivity index (χ1) is 9.86. The molecular formula is C16H28N2O2S. The minimum atomic E-state index is -3.41. The van der Waals surface area contributed by atoms with Gasteiger partial charge >= 0.3 is 0 Å². The number of hydrogen-bond donors (Lipinski definition) is 1. The fourth-order valence-corrected chi connectivity index (χ4v) is 3.74. The van der Waals surface area contributed by atoms with Crippen LogP contribution in [0.2, 0.25) is 0 Å². The zero-order chi connectivity index (χ0) is 16.0. The van der Waals surface area contributed by atoms with E-state index >= 15 is 0 Å². The third kappa shape index (κ3) is 4.28. The van der Waals surface area contributed by atoms with E-state index in [0.29, 0.717) is 4.90 Å². The second kappa shape index (κ2) is 7.92. The minimum absolute atomic E-state index is 0.183. The van der Waals surface area contributed by atoms with Gasteiger partial charge in [-0.3, -0.25) is 0 Å². The summed E-state index contributed by atoms with van der Waals surface area (Å²) in [7, 11) is -0.261. The summed E-state index contributed by atoms with van der Waals surface area (Å²) in [6.45, 7) is 7.31. The van der Waals surface area contributed by atoms with Gasteiger partial charge in [0.15, 0.2) is 0 Å². The number of sulfonamides is 1. The zero-order valence-corrected chi connectivity index (χ0v) is 14.6. The summed E-state index contributed by atoms with van der Waals surface area (Å²) in [5.41, 5.74) is 0.907. The molecule has 0 radical (unpaired) electrons. The molecule has 2 unspecified atom stereocenters. The summed E-state index contributed by atoms with van der Waals surface area (Å²) in [6.07, 6.45) is 1.97. The molecule has 0 aliphatic rings. The first kappa shape index (κ1) is 18.1. The molecule has 5 heteroatoms. The van der Waals surface area contributed by atoms with E-state index in [1.807, 2.05) is 12.1 Å². The Morgan fingerprint density at radius 2 is 1.81 bits per heavy atom. The Kier molecular flexibility index (Phi) is 6.84. The Bertz CT molecular complexity index is 541. The van der Waals surface area contributed by atoms with Gasteiger partial charge in [0.2, 0.25) is 10.0 Å². The molecule has 0 saturated heterocycles. The van der Waals surface area contributed by atoms with Crippen LogP contribution in [0.3, 0.4) is 0 Å². The molecule has 0 spiro atoms. The van der Waals surface area contributed by atoms with Crippen LogP contribution >= 0.6 is 0 Å². The summed E-state index contributed by atoms with van der Waals surface area (Å²) in [5, 5.41) is 3.48. The highest BCUT2D eigenvalue weighted by Crippen LogP contribution is 2.30. The summed E-state index contributed by atoms with van der Waals surface area (Å²) in [5.74, 6) is 0.183. The van der Waals surface area contributed by atoms with Gasteiger partial charge in [0.25, 0.3) is 0 Å². The van der Waals surface area contributed by atoms with Gasteiger partial charge in [-0.15, -0.1) is 0 Å². The van der Waals surface area contributed by atoms with E-state index in [9.17, 15) is 8.42 Å². The van der Waals surface area contributed by atoms with Crippen molar-refractivity contribution < 1.29 is 8.42 Å². The fourth-order valence-electron chi connectivity index (χ4n) is 2.58. The first-order valence-electron chi connectivity index (χ1n) is 7.61. The third-order valence-corrected chi connectivity index (χ3v) is 5.73. The molecule has 1 aromatic carbocycles. The lowest BCUT2D eigenvalue weighted by Crippen LogP contribution is -2.34. The average molecular weight is 312 g/mol. The Morgan fingerprint density at radius 1 is 1.19 bits per heavy atom. The highest BCUT2D eigenvalue weighted by Gasteiger charge is 2.26. The maximum absolute atomic E-state index is 12.5. The highest BCUT2D eigenvalue weighted by atomic mass is 32.2. The van der Waals surface area contributed by atoms with Gasteiger partial charge in [0, 0.05) is 26.1 Å². The van der Waals surface area contributed by atoms with Gasteiger partial charge in [-0.05, 0) is 37.9 Å².